The normalized spacial score (nSPS) is 26.4. The summed E-state index contributed by atoms with van der Waals surface area (Å²) in [6.07, 6.45) is 17.5. The van der Waals surface area contributed by atoms with Crippen LogP contribution in [0.25, 0.3) is 0 Å². The zero-order valence-electron chi connectivity index (χ0n) is 14.9. The zero-order valence-corrected chi connectivity index (χ0v) is 16.9. The Labute approximate surface area is 135 Å². The smallest absolute Gasteiger partial charge is 0.176 e. The molecule has 2 rings (SSSR count). The van der Waals surface area contributed by atoms with E-state index >= 15 is 0 Å². The van der Waals surface area contributed by atoms with Gasteiger partial charge in [0.2, 0.25) is 0 Å². The Kier molecular flexibility index (Phi) is 7.02. The molecule has 2 fully saturated rings. The van der Waals surface area contributed by atoms with E-state index in [0.717, 1.165) is 5.54 Å². The summed E-state index contributed by atoms with van der Waals surface area (Å²) in [6.45, 7) is 7.67. The van der Waals surface area contributed by atoms with E-state index in [-0.39, 0.29) is 0 Å². The van der Waals surface area contributed by atoms with Crippen LogP contribution in [0.15, 0.2) is 0 Å². The first-order chi connectivity index (χ1) is 10.0. The third-order valence-electron chi connectivity index (χ3n) is 6.01. The average Bonchev–Trinajstić information content (AvgIpc) is 2.33. The van der Waals surface area contributed by atoms with Crippen molar-refractivity contribution < 1.29 is 4.12 Å². The fourth-order valence-corrected chi connectivity index (χ4v) is 15.2. The minimum absolute atomic E-state index is 0.938. The third-order valence-corrected chi connectivity index (χ3v) is 15.5. The van der Waals surface area contributed by atoms with Gasteiger partial charge in [-0.25, -0.2) is 0 Å². The summed E-state index contributed by atoms with van der Waals surface area (Å²) >= 11 is 0. The van der Waals surface area contributed by atoms with E-state index in [1.807, 2.05) is 0 Å². The molecule has 0 N–H and O–H groups in total. The van der Waals surface area contributed by atoms with Gasteiger partial charge in [0.15, 0.2) is 16.6 Å². The maximum atomic E-state index is 7.12. The molecule has 1 saturated carbocycles. The van der Waals surface area contributed by atoms with E-state index in [9.17, 15) is 0 Å². The summed E-state index contributed by atoms with van der Waals surface area (Å²) in [6, 6.07) is 2.88. The molecule has 0 amide bonds. The predicted octanol–water partition coefficient (Wildman–Crippen LogP) is 6.86. The molecule has 1 nitrogen and oxygen atoms in total. The highest BCUT2D eigenvalue weighted by Crippen LogP contribution is 2.39. The molecule has 1 saturated heterocycles. The molecule has 1 heterocycles. The van der Waals surface area contributed by atoms with Crippen LogP contribution in [0, 0.1) is 0 Å². The fourth-order valence-electron chi connectivity index (χ4n) is 4.63. The standard InChI is InChI=1S/C18H38OSi2/c1-20(2,18-14-10-6-4-7-11-15-18)19-21(3)16-12-8-5-9-13-17-21/h18H,4-17H2,1-3H3. The van der Waals surface area contributed by atoms with Gasteiger partial charge in [-0.15, -0.1) is 0 Å². The molecular weight excluding hydrogens is 288 g/mol. The quantitative estimate of drug-likeness (QED) is 0.515. The van der Waals surface area contributed by atoms with E-state index < -0.39 is 16.6 Å². The largest absolute Gasteiger partial charge is 0.455 e. The highest BCUT2D eigenvalue weighted by Gasteiger charge is 2.40. The van der Waals surface area contributed by atoms with Crippen molar-refractivity contribution in [1.29, 1.82) is 0 Å². The topological polar surface area (TPSA) is 9.23 Å². The van der Waals surface area contributed by atoms with E-state index in [1.54, 1.807) is 0 Å². The summed E-state index contributed by atoms with van der Waals surface area (Å²) < 4.78 is 7.12. The first-order valence-corrected chi connectivity index (χ1v) is 15.5. The highest BCUT2D eigenvalue weighted by atomic mass is 28.4. The lowest BCUT2D eigenvalue weighted by atomic mass is 10.0. The van der Waals surface area contributed by atoms with Gasteiger partial charge in [0, 0.05) is 0 Å². The van der Waals surface area contributed by atoms with Crippen molar-refractivity contribution >= 4 is 16.6 Å². The molecule has 0 atom stereocenters. The Hall–Kier alpha value is 0.394. The van der Waals surface area contributed by atoms with Gasteiger partial charge in [-0.05, 0) is 37.3 Å². The number of hydrogen-bond donors (Lipinski definition) is 0. The molecule has 0 bridgehead atoms. The second-order valence-corrected chi connectivity index (χ2v) is 17.2. The maximum Gasteiger partial charge on any atom is 0.176 e. The molecule has 21 heavy (non-hydrogen) atoms. The van der Waals surface area contributed by atoms with Crippen LogP contribution < -0.4 is 0 Å². The molecule has 2 aliphatic rings. The molecule has 0 unspecified atom stereocenters. The van der Waals surface area contributed by atoms with Crippen LogP contribution in [0.2, 0.25) is 37.3 Å². The van der Waals surface area contributed by atoms with Crippen molar-refractivity contribution in [3.63, 3.8) is 0 Å². The lowest BCUT2D eigenvalue weighted by Crippen LogP contribution is -2.49. The van der Waals surface area contributed by atoms with Gasteiger partial charge in [-0.2, -0.15) is 0 Å². The van der Waals surface area contributed by atoms with Crippen LogP contribution in [0.1, 0.15) is 77.0 Å². The second-order valence-electron chi connectivity index (χ2n) is 8.47. The summed E-state index contributed by atoms with van der Waals surface area (Å²) in [5.74, 6) is 0. The van der Waals surface area contributed by atoms with Crippen molar-refractivity contribution in [2.45, 2.75) is 114 Å². The first-order valence-electron chi connectivity index (χ1n) is 9.72. The van der Waals surface area contributed by atoms with Crippen molar-refractivity contribution in [1.82, 2.24) is 0 Å². The van der Waals surface area contributed by atoms with Crippen LogP contribution in [0.5, 0.6) is 0 Å². The van der Waals surface area contributed by atoms with Crippen LogP contribution in [0.4, 0.5) is 0 Å². The first kappa shape index (κ1) is 17.7. The minimum Gasteiger partial charge on any atom is -0.455 e. The molecule has 0 spiro atoms. The fraction of sp³-hybridized carbons (Fsp3) is 1.00. The predicted molar refractivity (Wildman–Crippen MR) is 99.0 cm³/mol. The third kappa shape index (κ3) is 5.83. The van der Waals surface area contributed by atoms with Gasteiger partial charge >= 0.3 is 0 Å². The van der Waals surface area contributed by atoms with Crippen molar-refractivity contribution in [2.75, 3.05) is 0 Å². The zero-order chi connectivity index (χ0) is 15.2. The Morgan fingerprint density at radius 1 is 0.714 bits per heavy atom. The average molecular weight is 327 g/mol. The number of hydrogen-bond acceptors (Lipinski definition) is 1. The summed E-state index contributed by atoms with van der Waals surface area (Å²) in [7, 11) is -2.90. The second kappa shape index (κ2) is 8.30. The van der Waals surface area contributed by atoms with E-state index in [0.29, 0.717) is 0 Å². The molecule has 0 radical (unpaired) electrons. The molecule has 1 aliphatic carbocycles. The number of rotatable bonds is 3. The van der Waals surface area contributed by atoms with Crippen molar-refractivity contribution in [3.8, 4) is 0 Å². The van der Waals surface area contributed by atoms with Gasteiger partial charge in [-0.3, -0.25) is 0 Å². The Balaban J connectivity index is 1.95. The lowest BCUT2D eigenvalue weighted by Gasteiger charge is -2.42. The molecule has 0 aromatic heterocycles. The lowest BCUT2D eigenvalue weighted by molar-refractivity contribution is 0.436. The van der Waals surface area contributed by atoms with Gasteiger partial charge in [0.05, 0.1) is 0 Å². The van der Waals surface area contributed by atoms with Gasteiger partial charge < -0.3 is 4.12 Å². The molecule has 3 heteroatoms. The van der Waals surface area contributed by atoms with E-state index in [4.69, 9.17) is 4.12 Å². The Bertz CT molecular complexity index is 288. The van der Waals surface area contributed by atoms with Crippen LogP contribution in [0.3, 0.4) is 0 Å². The van der Waals surface area contributed by atoms with Crippen LogP contribution in [-0.2, 0) is 4.12 Å². The molecular formula is C18H38OSi2. The molecule has 1 aliphatic heterocycles. The van der Waals surface area contributed by atoms with Crippen molar-refractivity contribution in [2.24, 2.45) is 0 Å². The monoisotopic (exact) mass is 326 g/mol. The van der Waals surface area contributed by atoms with Crippen LogP contribution >= 0.6 is 0 Å². The van der Waals surface area contributed by atoms with E-state index in [1.165, 1.54) is 89.1 Å². The maximum absolute atomic E-state index is 7.12. The summed E-state index contributed by atoms with van der Waals surface area (Å²) in [5.41, 5.74) is 0.938. The van der Waals surface area contributed by atoms with Crippen LogP contribution in [-0.4, -0.2) is 16.6 Å². The van der Waals surface area contributed by atoms with Gasteiger partial charge in [0.25, 0.3) is 0 Å². The highest BCUT2D eigenvalue weighted by molar-refractivity contribution is 6.86. The van der Waals surface area contributed by atoms with E-state index in [2.05, 4.69) is 19.6 Å². The van der Waals surface area contributed by atoms with Crippen molar-refractivity contribution in [3.05, 3.63) is 0 Å². The van der Waals surface area contributed by atoms with Gasteiger partial charge in [-0.1, -0.05) is 77.0 Å². The summed E-state index contributed by atoms with van der Waals surface area (Å²) in [5, 5.41) is 0. The molecule has 0 aromatic carbocycles. The SMILES string of the molecule is C[Si]1(O[Si](C)(C)C2CCCCCCC2)CCCCCCC1. The minimum atomic E-state index is -1.49. The molecule has 0 aromatic rings. The Morgan fingerprint density at radius 2 is 1.14 bits per heavy atom. The van der Waals surface area contributed by atoms with Gasteiger partial charge in [0.1, 0.15) is 0 Å². The Morgan fingerprint density at radius 3 is 1.67 bits per heavy atom. The summed E-state index contributed by atoms with van der Waals surface area (Å²) in [4.78, 5) is 0. The molecule has 124 valence electrons.